The first-order chi connectivity index (χ1) is 9.66. The predicted molar refractivity (Wildman–Crippen MR) is 76.2 cm³/mol. The van der Waals surface area contributed by atoms with Gasteiger partial charge in [-0.25, -0.2) is 0 Å². The second-order valence-electron chi connectivity index (χ2n) is 5.39. The van der Waals surface area contributed by atoms with Gasteiger partial charge in [0.1, 0.15) is 0 Å². The van der Waals surface area contributed by atoms with Crippen molar-refractivity contribution in [3.8, 4) is 0 Å². The van der Waals surface area contributed by atoms with Gasteiger partial charge in [-0.15, -0.1) is 0 Å². The Balaban J connectivity index is 1.80. The normalized spacial score (nSPS) is 15.6. The molecule has 0 radical (unpaired) electrons. The van der Waals surface area contributed by atoms with Crippen LogP contribution in [-0.2, 0) is 9.59 Å². The topological polar surface area (TPSA) is 66.4 Å². The molecule has 4 heteroatoms. The van der Waals surface area contributed by atoms with Gasteiger partial charge in [0.05, 0.1) is 6.04 Å². The summed E-state index contributed by atoms with van der Waals surface area (Å²) in [4.78, 5) is 22.3. The Labute approximate surface area is 119 Å². The first kappa shape index (κ1) is 14.6. The summed E-state index contributed by atoms with van der Waals surface area (Å²) in [5.41, 5.74) is 1.16. The first-order valence-electron chi connectivity index (χ1n) is 7.23. The molecule has 1 aromatic rings. The minimum Gasteiger partial charge on any atom is -0.481 e. The number of rotatable bonds is 8. The number of hydrogen-bond acceptors (Lipinski definition) is 2. The van der Waals surface area contributed by atoms with Crippen molar-refractivity contribution < 1.29 is 14.7 Å². The van der Waals surface area contributed by atoms with E-state index in [2.05, 4.69) is 5.32 Å². The molecular formula is C16H21NO3. The third kappa shape index (κ3) is 4.68. The molecule has 0 bridgehead atoms. The fraction of sp³-hybridized carbons (Fsp3) is 0.500. The fourth-order valence-corrected chi connectivity index (χ4v) is 2.37. The molecule has 20 heavy (non-hydrogen) atoms. The van der Waals surface area contributed by atoms with Crippen LogP contribution >= 0.6 is 0 Å². The van der Waals surface area contributed by atoms with Gasteiger partial charge in [-0.05, 0) is 37.2 Å². The molecule has 108 valence electrons. The molecule has 1 aliphatic carbocycles. The Morgan fingerprint density at radius 3 is 2.40 bits per heavy atom. The van der Waals surface area contributed by atoms with Gasteiger partial charge in [-0.1, -0.05) is 30.3 Å². The largest absolute Gasteiger partial charge is 0.481 e. The molecular weight excluding hydrogens is 254 g/mol. The molecule has 1 aliphatic rings. The summed E-state index contributed by atoms with van der Waals surface area (Å²) in [6, 6.07) is 10.2. The van der Waals surface area contributed by atoms with Gasteiger partial charge < -0.3 is 10.4 Å². The minimum absolute atomic E-state index is 0.0242. The standard InChI is InChI=1S/C16H21NO3/c18-14(8-4-5-9-15(19)20)17-16(13-10-11-13)12-6-2-1-3-7-12/h1-3,6-7,13,16H,4-5,8-11H2,(H,17,18)(H,19,20). The lowest BCUT2D eigenvalue weighted by molar-refractivity contribution is -0.137. The van der Waals surface area contributed by atoms with Gasteiger partial charge in [-0.3, -0.25) is 9.59 Å². The van der Waals surface area contributed by atoms with Gasteiger partial charge in [-0.2, -0.15) is 0 Å². The second kappa shape index (κ2) is 7.08. The smallest absolute Gasteiger partial charge is 0.303 e. The highest BCUT2D eigenvalue weighted by molar-refractivity contribution is 5.76. The van der Waals surface area contributed by atoms with Crippen molar-refractivity contribution in [2.75, 3.05) is 0 Å². The summed E-state index contributed by atoms with van der Waals surface area (Å²) >= 11 is 0. The molecule has 0 aliphatic heterocycles. The zero-order chi connectivity index (χ0) is 14.4. The van der Waals surface area contributed by atoms with Gasteiger partial charge in [0.15, 0.2) is 0 Å². The van der Waals surface area contributed by atoms with Crippen LogP contribution < -0.4 is 5.32 Å². The maximum Gasteiger partial charge on any atom is 0.303 e. The zero-order valence-corrected chi connectivity index (χ0v) is 11.5. The molecule has 4 nitrogen and oxygen atoms in total. The highest BCUT2D eigenvalue weighted by Gasteiger charge is 2.33. The van der Waals surface area contributed by atoms with Crippen molar-refractivity contribution in [1.82, 2.24) is 5.32 Å². The summed E-state index contributed by atoms with van der Waals surface area (Å²) < 4.78 is 0. The summed E-state index contributed by atoms with van der Waals surface area (Å²) in [7, 11) is 0. The summed E-state index contributed by atoms with van der Waals surface area (Å²) in [6.45, 7) is 0. The molecule has 0 aromatic heterocycles. The van der Waals surface area contributed by atoms with Crippen LogP contribution in [-0.4, -0.2) is 17.0 Å². The van der Waals surface area contributed by atoms with Gasteiger partial charge in [0.2, 0.25) is 5.91 Å². The fourth-order valence-electron chi connectivity index (χ4n) is 2.37. The molecule has 2 rings (SSSR count). The van der Waals surface area contributed by atoms with E-state index in [1.165, 1.54) is 12.8 Å². The highest BCUT2D eigenvalue weighted by atomic mass is 16.4. The maximum atomic E-state index is 11.9. The number of carbonyl (C=O) groups is 2. The Morgan fingerprint density at radius 2 is 1.80 bits per heavy atom. The molecule has 1 amide bonds. The molecule has 1 fully saturated rings. The van der Waals surface area contributed by atoms with Crippen LogP contribution in [0.15, 0.2) is 30.3 Å². The predicted octanol–water partition coefficient (Wildman–Crippen LogP) is 2.90. The lowest BCUT2D eigenvalue weighted by atomic mass is 10.0. The molecule has 2 N–H and O–H groups in total. The summed E-state index contributed by atoms with van der Waals surface area (Å²) in [5, 5.41) is 11.7. The highest BCUT2D eigenvalue weighted by Crippen LogP contribution is 2.40. The number of carboxylic acid groups (broad SMARTS) is 1. The van der Waals surface area contributed by atoms with Crippen molar-refractivity contribution in [3.05, 3.63) is 35.9 Å². The monoisotopic (exact) mass is 275 g/mol. The quantitative estimate of drug-likeness (QED) is 0.717. The van der Waals surface area contributed by atoms with E-state index in [-0.39, 0.29) is 18.4 Å². The average molecular weight is 275 g/mol. The van der Waals surface area contributed by atoms with Crippen molar-refractivity contribution in [2.45, 2.75) is 44.6 Å². The van der Waals surface area contributed by atoms with Crippen LogP contribution in [0.3, 0.4) is 0 Å². The van der Waals surface area contributed by atoms with E-state index >= 15 is 0 Å². The van der Waals surface area contributed by atoms with E-state index in [1.54, 1.807) is 0 Å². The summed E-state index contributed by atoms with van der Waals surface area (Å²) in [5.74, 6) is -0.220. The molecule has 1 unspecified atom stereocenters. The van der Waals surface area contributed by atoms with Gasteiger partial charge in [0.25, 0.3) is 0 Å². The molecule has 1 aromatic carbocycles. The molecule has 1 atom stereocenters. The van der Waals surface area contributed by atoms with Crippen molar-refractivity contribution in [1.29, 1.82) is 0 Å². The van der Waals surface area contributed by atoms with Crippen molar-refractivity contribution >= 4 is 11.9 Å². The average Bonchev–Trinajstić information content (AvgIpc) is 3.26. The molecule has 0 saturated heterocycles. The third-order valence-corrected chi connectivity index (χ3v) is 3.61. The van der Waals surface area contributed by atoms with E-state index in [9.17, 15) is 9.59 Å². The SMILES string of the molecule is O=C(O)CCCCC(=O)NC(c1ccccc1)C1CC1. The van der Waals surface area contributed by atoms with Gasteiger partial charge in [0, 0.05) is 12.8 Å². The maximum absolute atomic E-state index is 11.9. The lowest BCUT2D eigenvalue weighted by Crippen LogP contribution is -2.29. The van der Waals surface area contributed by atoms with E-state index in [0.29, 0.717) is 25.2 Å². The number of aliphatic carboxylic acids is 1. The number of carboxylic acids is 1. The van der Waals surface area contributed by atoms with Crippen LogP contribution in [0.5, 0.6) is 0 Å². The molecule has 0 heterocycles. The second-order valence-corrected chi connectivity index (χ2v) is 5.39. The first-order valence-corrected chi connectivity index (χ1v) is 7.23. The molecule has 0 spiro atoms. The van der Waals surface area contributed by atoms with E-state index in [0.717, 1.165) is 5.56 Å². The zero-order valence-electron chi connectivity index (χ0n) is 11.5. The van der Waals surface area contributed by atoms with E-state index in [1.807, 2.05) is 30.3 Å². The van der Waals surface area contributed by atoms with E-state index in [4.69, 9.17) is 5.11 Å². The van der Waals surface area contributed by atoms with Crippen LogP contribution in [0, 0.1) is 5.92 Å². The Morgan fingerprint density at radius 1 is 1.15 bits per heavy atom. The molecule has 1 saturated carbocycles. The van der Waals surface area contributed by atoms with Crippen molar-refractivity contribution in [3.63, 3.8) is 0 Å². The van der Waals surface area contributed by atoms with E-state index < -0.39 is 5.97 Å². The Kier molecular flexibility index (Phi) is 5.16. The summed E-state index contributed by atoms with van der Waals surface area (Å²) in [6.07, 6.45) is 4.06. The Hall–Kier alpha value is -1.84. The number of benzene rings is 1. The van der Waals surface area contributed by atoms with Crippen molar-refractivity contribution in [2.24, 2.45) is 5.92 Å². The minimum atomic E-state index is -0.800. The van der Waals surface area contributed by atoms with Crippen LogP contribution in [0.2, 0.25) is 0 Å². The Bertz CT molecular complexity index is 454. The van der Waals surface area contributed by atoms with Crippen LogP contribution in [0.4, 0.5) is 0 Å². The number of nitrogens with one attached hydrogen (secondary N) is 1. The number of carbonyl (C=O) groups excluding carboxylic acids is 1. The number of unbranched alkanes of at least 4 members (excludes halogenated alkanes) is 1. The third-order valence-electron chi connectivity index (χ3n) is 3.61. The lowest BCUT2D eigenvalue weighted by Gasteiger charge is -2.18. The number of amides is 1. The van der Waals surface area contributed by atoms with Gasteiger partial charge >= 0.3 is 5.97 Å². The number of hydrogen-bond donors (Lipinski definition) is 2. The van der Waals surface area contributed by atoms with Crippen LogP contribution in [0.25, 0.3) is 0 Å². The van der Waals surface area contributed by atoms with Crippen LogP contribution in [0.1, 0.15) is 50.1 Å².